The van der Waals surface area contributed by atoms with Crippen molar-refractivity contribution in [1.82, 2.24) is 15.2 Å². The van der Waals surface area contributed by atoms with Crippen molar-refractivity contribution >= 4 is 34.2 Å². The van der Waals surface area contributed by atoms with E-state index in [-0.39, 0.29) is 0 Å². The quantitative estimate of drug-likeness (QED) is 0.486. The van der Waals surface area contributed by atoms with Gasteiger partial charge in [0.2, 0.25) is 0 Å². The van der Waals surface area contributed by atoms with Gasteiger partial charge in [-0.15, -0.1) is 5.10 Å². The lowest BCUT2D eigenvalue weighted by Crippen LogP contribution is -2.47. The third-order valence-electron chi connectivity index (χ3n) is 6.04. The standard InChI is InChI=1S/C26H26N6O2/c1-34-26(33)28-20-11-12-24(27-18-20)31-13-15-32(16-14-31)25-22-10-6-5-9-21(22)23(29-30-25)17-19-7-3-2-4-8-19/h2-12,18H,13-17H2,1H3,(H,28,33). The zero-order valence-corrected chi connectivity index (χ0v) is 19.0. The second-order valence-corrected chi connectivity index (χ2v) is 8.17. The number of pyridine rings is 1. The highest BCUT2D eigenvalue weighted by molar-refractivity contribution is 5.93. The summed E-state index contributed by atoms with van der Waals surface area (Å²) >= 11 is 0. The van der Waals surface area contributed by atoms with Gasteiger partial charge in [0.25, 0.3) is 0 Å². The highest BCUT2D eigenvalue weighted by Crippen LogP contribution is 2.28. The lowest BCUT2D eigenvalue weighted by Gasteiger charge is -2.36. The Morgan fingerprint density at radius 1 is 0.882 bits per heavy atom. The molecule has 1 aliphatic heterocycles. The normalized spacial score (nSPS) is 13.7. The molecule has 1 saturated heterocycles. The van der Waals surface area contributed by atoms with E-state index in [2.05, 4.69) is 83.6 Å². The Morgan fingerprint density at radius 2 is 1.59 bits per heavy atom. The van der Waals surface area contributed by atoms with Gasteiger partial charge in [-0.2, -0.15) is 5.10 Å². The second kappa shape index (κ2) is 9.74. The largest absolute Gasteiger partial charge is 0.453 e. The van der Waals surface area contributed by atoms with Crippen LogP contribution in [-0.2, 0) is 11.2 Å². The van der Waals surface area contributed by atoms with E-state index in [1.807, 2.05) is 18.2 Å². The number of benzene rings is 2. The summed E-state index contributed by atoms with van der Waals surface area (Å²) in [6, 6.07) is 22.5. The molecule has 1 amide bonds. The number of aromatic nitrogens is 3. The first-order valence-electron chi connectivity index (χ1n) is 11.3. The van der Waals surface area contributed by atoms with Crippen molar-refractivity contribution in [1.29, 1.82) is 0 Å². The van der Waals surface area contributed by atoms with Crippen molar-refractivity contribution < 1.29 is 9.53 Å². The molecule has 172 valence electrons. The number of amides is 1. The molecular formula is C26H26N6O2. The Morgan fingerprint density at radius 3 is 2.29 bits per heavy atom. The Hall–Kier alpha value is -4.20. The molecule has 2 aromatic carbocycles. The second-order valence-electron chi connectivity index (χ2n) is 8.17. The minimum atomic E-state index is -0.508. The number of methoxy groups -OCH3 is 1. The summed E-state index contributed by atoms with van der Waals surface area (Å²) in [6.45, 7) is 3.28. The smallest absolute Gasteiger partial charge is 0.411 e. The molecule has 0 aliphatic carbocycles. The molecule has 4 aromatic rings. The maximum Gasteiger partial charge on any atom is 0.411 e. The van der Waals surface area contributed by atoms with Crippen LogP contribution in [0.1, 0.15) is 11.3 Å². The maximum absolute atomic E-state index is 11.4. The molecule has 34 heavy (non-hydrogen) atoms. The van der Waals surface area contributed by atoms with Gasteiger partial charge >= 0.3 is 6.09 Å². The number of anilines is 3. The van der Waals surface area contributed by atoms with Gasteiger partial charge in [-0.25, -0.2) is 9.78 Å². The van der Waals surface area contributed by atoms with Crippen LogP contribution in [0.5, 0.6) is 0 Å². The predicted octanol–water partition coefficient (Wildman–Crippen LogP) is 4.12. The molecule has 0 atom stereocenters. The Balaban J connectivity index is 1.30. The highest BCUT2D eigenvalue weighted by atomic mass is 16.5. The van der Waals surface area contributed by atoms with Gasteiger partial charge in [-0.1, -0.05) is 54.6 Å². The zero-order valence-electron chi connectivity index (χ0n) is 19.0. The van der Waals surface area contributed by atoms with Gasteiger partial charge in [0.1, 0.15) is 5.82 Å². The minimum Gasteiger partial charge on any atom is -0.453 e. The van der Waals surface area contributed by atoms with Crippen LogP contribution in [0.15, 0.2) is 72.9 Å². The van der Waals surface area contributed by atoms with E-state index in [1.54, 1.807) is 6.20 Å². The number of carbonyl (C=O) groups excluding carboxylic acids is 1. The molecule has 2 aromatic heterocycles. The van der Waals surface area contributed by atoms with Gasteiger partial charge in [-0.3, -0.25) is 5.32 Å². The van der Waals surface area contributed by atoms with Crippen LogP contribution in [0.25, 0.3) is 10.8 Å². The number of carbonyl (C=O) groups is 1. The average molecular weight is 455 g/mol. The Labute approximate surface area is 198 Å². The van der Waals surface area contributed by atoms with E-state index in [1.165, 1.54) is 12.7 Å². The first-order chi connectivity index (χ1) is 16.7. The summed E-state index contributed by atoms with van der Waals surface area (Å²) in [5.74, 6) is 1.81. The molecular weight excluding hydrogens is 428 g/mol. The number of nitrogens with zero attached hydrogens (tertiary/aromatic N) is 5. The highest BCUT2D eigenvalue weighted by Gasteiger charge is 2.22. The van der Waals surface area contributed by atoms with E-state index < -0.39 is 6.09 Å². The number of piperazine rings is 1. The van der Waals surface area contributed by atoms with Crippen molar-refractivity contribution in [3.8, 4) is 0 Å². The van der Waals surface area contributed by atoms with Crippen LogP contribution in [0.2, 0.25) is 0 Å². The SMILES string of the molecule is COC(=O)Nc1ccc(N2CCN(c3nnc(Cc4ccccc4)c4ccccc34)CC2)nc1. The van der Waals surface area contributed by atoms with E-state index >= 15 is 0 Å². The summed E-state index contributed by atoms with van der Waals surface area (Å²) < 4.78 is 4.62. The first-order valence-corrected chi connectivity index (χ1v) is 11.3. The molecule has 0 bridgehead atoms. The third-order valence-corrected chi connectivity index (χ3v) is 6.04. The van der Waals surface area contributed by atoms with E-state index in [9.17, 15) is 4.79 Å². The molecule has 3 heterocycles. The van der Waals surface area contributed by atoms with Gasteiger partial charge in [0.15, 0.2) is 5.82 Å². The number of hydrogen-bond acceptors (Lipinski definition) is 7. The Kier molecular flexibility index (Phi) is 6.20. The van der Waals surface area contributed by atoms with Gasteiger partial charge in [-0.05, 0) is 17.7 Å². The Bertz CT molecular complexity index is 1270. The van der Waals surface area contributed by atoms with Crippen molar-refractivity contribution in [3.05, 3.63) is 84.2 Å². The molecule has 8 nitrogen and oxygen atoms in total. The topological polar surface area (TPSA) is 83.5 Å². The monoisotopic (exact) mass is 454 g/mol. The van der Waals surface area contributed by atoms with Crippen LogP contribution in [0.4, 0.5) is 22.1 Å². The van der Waals surface area contributed by atoms with Gasteiger partial charge in [0.05, 0.1) is 24.7 Å². The number of rotatable bonds is 5. The van der Waals surface area contributed by atoms with Crippen LogP contribution < -0.4 is 15.1 Å². The molecule has 0 spiro atoms. The summed E-state index contributed by atoms with van der Waals surface area (Å²) in [4.78, 5) is 20.4. The number of ether oxygens (including phenoxy) is 1. The summed E-state index contributed by atoms with van der Waals surface area (Å²) in [7, 11) is 1.33. The fraction of sp³-hybridized carbons (Fsp3) is 0.231. The fourth-order valence-electron chi connectivity index (χ4n) is 4.26. The van der Waals surface area contributed by atoms with Crippen LogP contribution >= 0.6 is 0 Å². The van der Waals surface area contributed by atoms with E-state index in [0.717, 1.165) is 60.7 Å². The molecule has 0 radical (unpaired) electrons. The van der Waals surface area contributed by atoms with Crippen molar-refractivity contribution in [2.45, 2.75) is 6.42 Å². The van der Waals surface area contributed by atoms with E-state index in [4.69, 9.17) is 0 Å². The van der Waals surface area contributed by atoms with Crippen LogP contribution in [0.3, 0.4) is 0 Å². The predicted molar refractivity (Wildman–Crippen MR) is 133 cm³/mol. The lowest BCUT2D eigenvalue weighted by molar-refractivity contribution is 0.187. The maximum atomic E-state index is 11.4. The van der Waals surface area contributed by atoms with Crippen molar-refractivity contribution in [3.63, 3.8) is 0 Å². The summed E-state index contributed by atoms with van der Waals surface area (Å²) in [6.07, 6.45) is 1.89. The average Bonchev–Trinajstić information content (AvgIpc) is 2.90. The number of fused-ring (bicyclic) bond motifs is 1. The van der Waals surface area contributed by atoms with Crippen LogP contribution in [-0.4, -0.2) is 54.6 Å². The molecule has 0 saturated carbocycles. The van der Waals surface area contributed by atoms with Gasteiger partial charge in [0, 0.05) is 43.4 Å². The molecule has 0 unspecified atom stereocenters. The van der Waals surface area contributed by atoms with E-state index in [0.29, 0.717) is 5.69 Å². The lowest BCUT2D eigenvalue weighted by atomic mass is 10.0. The molecule has 8 heteroatoms. The zero-order chi connectivity index (χ0) is 23.3. The number of hydrogen-bond donors (Lipinski definition) is 1. The molecule has 1 N–H and O–H groups in total. The first kappa shape index (κ1) is 21.6. The summed E-state index contributed by atoms with van der Waals surface area (Å²) in [5, 5.41) is 14.2. The third kappa shape index (κ3) is 4.61. The molecule has 5 rings (SSSR count). The summed E-state index contributed by atoms with van der Waals surface area (Å²) in [5.41, 5.74) is 2.82. The van der Waals surface area contributed by atoms with Crippen molar-refractivity contribution in [2.75, 3.05) is 48.4 Å². The number of nitrogens with one attached hydrogen (secondary N) is 1. The minimum absolute atomic E-state index is 0.508. The van der Waals surface area contributed by atoms with Gasteiger partial charge < -0.3 is 14.5 Å². The fourth-order valence-corrected chi connectivity index (χ4v) is 4.26. The molecule has 1 fully saturated rings. The van der Waals surface area contributed by atoms with Crippen LogP contribution in [0, 0.1) is 0 Å². The van der Waals surface area contributed by atoms with Crippen molar-refractivity contribution in [2.24, 2.45) is 0 Å². The molecule has 1 aliphatic rings.